The zero-order chi connectivity index (χ0) is 12.8. The van der Waals surface area contributed by atoms with E-state index < -0.39 is 6.10 Å². The molecule has 7 nitrogen and oxygen atoms in total. The lowest BCUT2D eigenvalue weighted by Gasteiger charge is -2.19. The van der Waals surface area contributed by atoms with E-state index in [1.54, 1.807) is 7.05 Å². The van der Waals surface area contributed by atoms with Gasteiger partial charge in [-0.15, -0.1) is 0 Å². The highest BCUT2D eigenvalue weighted by atomic mass is 16.5. The Bertz CT molecular complexity index is 386. The van der Waals surface area contributed by atoms with E-state index in [1.165, 1.54) is 24.4 Å². The summed E-state index contributed by atoms with van der Waals surface area (Å²) in [6.45, 7) is 0.323. The SMILES string of the molecule is COCC(O)CN(C)C(=O)c1cncc(N)n1. The molecule has 0 aliphatic heterocycles. The molecular weight excluding hydrogens is 224 g/mol. The van der Waals surface area contributed by atoms with Crippen LogP contribution in [0, 0.1) is 0 Å². The lowest BCUT2D eigenvalue weighted by molar-refractivity contribution is 0.0378. The molecule has 0 aliphatic rings. The van der Waals surface area contributed by atoms with Crippen molar-refractivity contribution < 1.29 is 14.6 Å². The first-order valence-corrected chi connectivity index (χ1v) is 5.04. The number of methoxy groups -OCH3 is 1. The Morgan fingerprint density at radius 1 is 1.65 bits per heavy atom. The van der Waals surface area contributed by atoms with Gasteiger partial charge in [0.25, 0.3) is 5.91 Å². The van der Waals surface area contributed by atoms with Gasteiger partial charge >= 0.3 is 0 Å². The fraction of sp³-hybridized carbons (Fsp3) is 0.500. The van der Waals surface area contributed by atoms with E-state index in [0.717, 1.165) is 0 Å². The zero-order valence-electron chi connectivity index (χ0n) is 9.83. The molecule has 17 heavy (non-hydrogen) atoms. The standard InChI is InChI=1S/C10H16N4O3/c1-14(5-7(15)6-17-2)10(16)8-3-12-4-9(11)13-8/h3-4,7,15H,5-6H2,1-2H3,(H2,11,13). The van der Waals surface area contributed by atoms with Crippen molar-refractivity contribution in [1.29, 1.82) is 0 Å². The number of ether oxygens (including phenoxy) is 1. The smallest absolute Gasteiger partial charge is 0.273 e. The first kappa shape index (κ1) is 13.3. The summed E-state index contributed by atoms with van der Waals surface area (Å²) in [7, 11) is 3.04. The van der Waals surface area contributed by atoms with Crippen molar-refractivity contribution in [3.63, 3.8) is 0 Å². The van der Waals surface area contributed by atoms with Crippen LogP contribution in [0.2, 0.25) is 0 Å². The molecule has 1 aromatic heterocycles. The minimum Gasteiger partial charge on any atom is -0.389 e. The highest BCUT2D eigenvalue weighted by molar-refractivity contribution is 5.92. The summed E-state index contributed by atoms with van der Waals surface area (Å²) in [6.07, 6.45) is 1.96. The molecule has 0 aliphatic carbocycles. The molecule has 1 heterocycles. The molecule has 7 heteroatoms. The van der Waals surface area contributed by atoms with Gasteiger partial charge in [0.2, 0.25) is 0 Å². The second kappa shape index (κ2) is 6.12. The quantitative estimate of drug-likeness (QED) is 0.694. The molecule has 94 valence electrons. The molecule has 1 unspecified atom stereocenters. The molecule has 1 rings (SSSR count). The molecule has 3 N–H and O–H groups in total. The summed E-state index contributed by atoms with van der Waals surface area (Å²) in [5, 5.41) is 9.49. The lowest BCUT2D eigenvalue weighted by atomic mass is 10.3. The van der Waals surface area contributed by atoms with Crippen molar-refractivity contribution in [3.8, 4) is 0 Å². The number of hydrogen-bond donors (Lipinski definition) is 2. The minimum atomic E-state index is -0.733. The summed E-state index contributed by atoms with van der Waals surface area (Å²) < 4.78 is 4.77. The van der Waals surface area contributed by atoms with E-state index >= 15 is 0 Å². The fourth-order valence-electron chi connectivity index (χ4n) is 1.32. The highest BCUT2D eigenvalue weighted by Gasteiger charge is 2.16. The van der Waals surface area contributed by atoms with E-state index in [1.807, 2.05) is 0 Å². The predicted molar refractivity (Wildman–Crippen MR) is 61.3 cm³/mol. The normalized spacial score (nSPS) is 12.2. The van der Waals surface area contributed by atoms with Crippen molar-refractivity contribution in [3.05, 3.63) is 18.1 Å². The number of aromatic nitrogens is 2. The number of anilines is 1. The van der Waals surface area contributed by atoms with Crippen LogP contribution in [0.5, 0.6) is 0 Å². The third-order valence-electron chi connectivity index (χ3n) is 2.06. The van der Waals surface area contributed by atoms with Gasteiger partial charge in [-0.2, -0.15) is 0 Å². The largest absolute Gasteiger partial charge is 0.389 e. The molecule has 0 fully saturated rings. The van der Waals surface area contributed by atoms with Crippen molar-refractivity contribution >= 4 is 11.7 Å². The first-order chi connectivity index (χ1) is 8.04. The second-order valence-corrected chi connectivity index (χ2v) is 3.62. The van der Waals surface area contributed by atoms with Gasteiger partial charge in [-0.25, -0.2) is 4.98 Å². The maximum atomic E-state index is 11.9. The van der Waals surface area contributed by atoms with Gasteiger partial charge < -0.3 is 20.5 Å². The maximum Gasteiger partial charge on any atom is 0.273 e. The topological polar surface area (TPSA) is 102 Å². The van der Waals surface area contributed by atoms with E-state index in [4.69, 9.17) is 10.5 Å². The van der Waals surface area contributed by atoms with Crippen LogP contribution in [0.15, 0.2) is 12.4 Å². The first-order valence-electron chi connectivity index (χ1n) is 5.04. The van der Waals surface area contributed by atoms with Crippen molar-refractivity contribution in [1.82, 2.24) is 14.9 Å². The molecule has 1 aromatic rings. The van der Waals surface area contributed by atoms with Gasteiger partial charge in [-0.1, -0.05) is 0 Å². The van der Waals surface area contributed by atoms with E-state index in [9.17, 15) is 9.90 Å². The summed E-state index contributed by atoms with van der Waals surface area (Å²) >= 11 is 0. The van der Waals surface area contributed by atoms with Crippen LogP contribution in [-0.2, 0) is 4.74 Å². The molecule has 0 radical (unpaired) electrons. The summed E-state index contributed by atoms with van der Waals surface area (Å²) in [5.74, 6) is -0.165. The maximum absolute atomic E-state index is 11.9. The number of likely N-dealkylation sites (N-methyl/N-ethyl adjacent to an activating group) is 1. The third kappa shape index (κ3) is 3.97. The van der Waals surface area contributed by atoms with Crippen LogP contribution < -0.4 is 5.73 Å². The van der Waals surface area contributed by atoms with Gasteiger partial charge in [0.1, 0.15) is 11.5 Å². The number of nitrogen functional groups attached to an aromatic ring is 1. The molecule has 1 amide bonds. The van der Waals surface area contributed by atoms with Gasteiger partial charge in [0, 0.05) is 20.7 Å². The number of hydrogen-bond acceptors (Lipinski definition) is 6. The monoisotopic (exact) mass is 240 g/mol. The number of nitrogens with two attached hydrogens (primary N) is 1. The second-order valence-electron chi connectivity index (χ2n) is 3.62. The Morgan fingerprint density at radius 3 is 2.94 bits per heavy atom. The summed E-state index contributed by atoms with van der Waals surface area (Å²) in [4.78, 5) is 20.8. The number of amides is 1. The Morgan fingerprint density at radius 2 is 2.35 bits per heavy atom. The van der Waals surface area contributed by atoms with E-state index in [-0.39, 0.29) is 30.6 Å². The molecule has 0 saturated heterocycles. The van der Waals surface area contributed by atoms with Crippen LogP contribution in [0.4, 0.5) is 5.82 Å². The number of aliphatic hydroxyl groups excluding tert-OH is 1. The van der Waals surface area contributed by atoms with Crippen molar-refractivity contribution in [2.24, 2.45) is 0 Å². The van der Waals surface area contributed by atoms with Gasteiger partial charge in [-0.3, -0.25) is 9.78 Å². The molecule has 0 saturated carbocycles. The third-order valence-corrected chi connectivity index (χ3v) is 2.06. The summed E-state index contributed by atoms with van der Waals surface area (Å²) in [6, 6.07) is 0. The van der Waals surface area contributed by atoms with Gasteiger partial charge in [0.15, 0.2) is 0 Å². The predicted octanol–water partition coefficient (Wildman–Crippen LogP) is -0.862. The van der Waals surface area contributed by atoms with Crippen molar-refractivity contribution in [2.75, 3.05) is 33.0 Å². The number of carbonyl (C=O) groups is 1. The fourth-order valence-corrected chi connectivity index (χ4v) is 1.32. The van der Waals surface area contributed by atoms with E-state index in [0.29, 0.717) is 0 Å². The Kier molecular flexibility index (Phi) is 4.80. The Balaban J connectivity index is 2.63. The van der Waals surface area contributed by atoms with E-state index in [2.05, 4.69) is 9.97 Å². The highest BCUT2D eigenvalue weighted by Crippen LogP contribution is 2.02. The molecule has 0 bridgehead atoms. The number of rotatable bonds is 5. The Hall–Kier alpha value is -1.73. The summed E-state index contributed by atoms with van der Waals surface area (Å²) in [5.41, 5.74) is 5.58. The zero-order valence-corrected chi connectivity index (χ0v) is 9.83. The van der Waals surface area contributed by atoms with Gasteiger partial charge in [-0.05, 0) is 0 Å². The average molecular weight is 240 g/mol. The number of aliphatic hydroxyl groups is 1. The van der Waals surface area contributed by atoms with Crippen LogP contribution in [0.1, 0.15) is 10.5 Å². The molecule has 1 atom stereocenters. The molecule has 0 aromatic carbocycles. The number of carbonyl (C=O) groups excluding carboxylic acids is 1. The average Bonchev–Trinajstić information content (AvgIpc) is 2.28. The lowest BCUT2D eigenvalue weighted by Crippen LogP contribution is -2.36. The van der Waals surface area contributed by atoms with Crippen molar-refractivity contribution in [2.45, 2.75) is 6.10 Å². The molecular formula is C10H16N4O3. The number of nitrogens with zero attached hydrogens (tertiary/aromatic N) is 3. The Labute approximate surface area is 99.2 Å². The minimum absolute atomic E-state index is 0.150. The van der Waals surface area contributed by atoms with Crippen LogP contribution in [-0.4, -0.2) is 59.3 Å². The van der Waals surface area contributed by atoms with Crippen LogP contribution >= 0.6 is 0 Å². The molecule has 0 spiro atoms. The van der Waals surface area contributed by atoms with Gasteiger partial charge in [0.05, 0.1) is 25.1 Å². The van der Waals surface area contributed by atoms with Crippen LogP contribution in [0.25, 0.3) is 0 Å². The van der Waals surface area contributed by atoms with Crippen LogP contribution in [0.3, 0.4) is 0 Å².